The molecule has 5 rings (SSSR count). The van der Waals surface area contributed by atoms with Crippen LogP contribution in [0.2, 0.25) is 0 Å². The summed E-state index contributed by atoms with van der Waals surface area (Å²) in [4.78, 5) is 47.1. The molecular formula is C37H52N6O4. The summed E-state index contributed by atoms with van der Waals surface area (Å²) in [6, 6.07) is 23.2. The first-order valence-electron chi connectivity index (χ1n) is 16.8. The van der Waals surface area contributed by atoms with Crippen molar-refractivity contribution in [3.05, 3.63) is 95.6 Å². The Bertz CT molecular complexity index is 1430. The van der Waals surface area contributed by atoms with Crippen LogP contribution in [0.1, 0.15) is 58.2 Å². The van der Waals surface area contributed by atoms with Crippen molar-refractivity contribution in [3.8, 4) is 5.75 Å². The van der Waals surface area contributed by atoms with Crippen LogP contribution >= 0.6 is 0 Å². The first-order valence-corrected chi connectivity index (χ1v) is 16.8. The number of anilines is 1. The number of phenols is 1. The second-order valence-electron chi connectivity index (χ2n) is 11.0. The highest BCUT2D eigenvalue weighted by molar-refractivity contribution is 5.91. The number of carbonyl (C=O) groups excluding carboxylic acids is 3. The second kappa shape index (κ2) is 17.9. The number of para-hydroxylation sites is 1. The number of urea groups is 1. The predicted molar refractivity (Wildman–Crippen MR) is 187 cm³/mol. The number of piperazine rings is 1. The molecule has 3 aromatic carbocycles. The highest BCUT2D eigenvalue weighted by Crippen LogP contribution is 2.30. The molecule has 47 heavy (non-hydrogen) atoms. The Morgan fingerprint density at radius 1 is 0.872 bits per heavy atom. The third-order valence-electron chi connectivity index (χ3n) is 8.26. The maximum Gasteiger partial charge on any atom is 0.334 e. The van der Waals surface area contributed by atoms with Crippen molar-refractivity contribution in [2.75, 3.05) is 38.1 Å². The first kappa shape index (κ1) is 36.9. The molecular weight excluding hydrogens is 592 g/mol. The van der Waals surface area contributed by atoms with Crippen LogP contribution in [-0.4, -0.2) is 88.2 Å². The zero-order valence-corrected chi connectivity index (χ0v) is 29.0. The summed E-state index contributed by atoms with van der Waals surface area (Å²) in [6.07, 6.45) is -0.430. The number of phenolic OH excluding ortho intramolecular Hbond substituents is 1. The molecule has 10 nitrogen and oxygen atoms in total. The number of fused-ring (bicyclic) bond motifs is 1. The van der Waals surface area contributed by atoms with Crippen molar-refractivity contribution in [3.63, 3.8) is 0 Å². The number of hydrogen-bond donors (Lipinski definition) is 2. The lowest BCUT2D eigenvalue weighted by molar-refractivity contribution is -0.187. The van der Waals surface area contributed by atoms with Gasteiger partial charge in [-0.3, -0.25) is 9.59 Å². The fourth-order valence-electron chi connectivity index (χ4n) is 6.08. The van der Waals surface area contributed by atoms with Crippen molar-refractivity contribution in [2.45, 2.75) is 73.3 Å². The molecule has 3 aromatic rings. The summed E-state index contributed by atoms with van der Waals surface area (Å²) in [7, 11) is 1.72. The Hall–Kier alpha value is -4.57. The van der Waals surface area contributed by atoms with Crippen molar-refractivity contribution in [2.24, 2.45) is 0 Å². The minimum atomic E-state index is -0.811. The largest absolute Gasteiger partial charge is 0.508 e. The summed E-state index contributed by atoms with van der Waals surface area (Å²) in [5.74, 6) is -0.246. The first-order chi connectivity index (χ1) is 22.8. The van der Waals surface area contributed by atoms with Crippen LogP contribution in [0.5, 0.6) is 5.75 Å². The lowest BCUT2D eigenvalue weighted by Crippen LogP contribution is -2.76. The quantitative estimate of drug-likeness (QED) is 0.321. The van der Waals surface area contributed by atoms with Crippen LogP contribution in [0, 0.1) is 0 Å². The molecule has 0 aliphatic carbocycles. The lowest BCUT2D eigenvalue weighted by Gasteiger charge is -2.54. The molecule has 2 aliphatic heterocycles. The predicted octanol–water partition coefficient (Wildman–Crippen LogP) is 5.47. The number of carbonyl (C=O) groups is 3. The zero-order chi connectivity index (χ0) is 34.5. The van der Waals surface area contributed by atoms with Crippen molar-refractivity contribution in [1.29, 1.82) is 0 Å². The van der Waals surface area contributed by atoms with E-state index in [1.165, 1.54) is 0 Å². The van der Waals surface area contributed by atoms with Crippen LogP contribution in [0.15, 0.2) is 78.9 Å². The van der Waals surface area contributed by atoms with Crippen LogP contribution in [-0.2, 0) is 29.1 Å². The van der Waals surface area contributed by atoms with Crippen molar-refractivity contribution in [1.82, 2.24) is 25.1 Å². The Kier molecular flexibility index (Phi) is 14.1. The van der Waals surface area contributed by atoms with Crippen molar-refractivity contribution >= 4 is 23.5 Å². The molecule has 0 radical (unpaired) electrons. The van der Waals surface area contributed by atoms with Gasteiger partial charge in [0.2, 0.25) is 11.8 Å². The highest BCUT2D eigenvalue weighted by Gasteiger charge is 2.50. The second-order valence-corrected chi connectivity index (χ2v) is 11.0. The van der Waals surface area contributed by atoms with Crippen LogP contribution < -0.4 is 10.2 Å². The average molecular weight is 645 g/mol. The molecule has 2 fully saturated rings. The topological polar surface area (TPSA) is 99.7 Å². The number of benzene rings is 3. The maximum atomic E-state index is 14.2. The lowest BCUT2D eigenvalue weighted by atomic mass is 9.98. The Balaban J connectivity index is 0.00000144. The molecule has 1 unspecified atom stereocenters. The van der Waals surface area contributed by atoms with Gasteiger partial charge in [-0.05, 0) is 48.7 Å². The van der Waals surface area contributed by atoms with E-state index in [9.17, 15) is 19.5 Å². The molecule has 2 N–H and O–H groups in total. The van der Waals surface area contributed by atoms with Gasteiger partial charge in [0.1, 0.15) is 18.0 Å². The molecule has 0 saturated carbocycles. The van der Waals surface area contributed by atoms with Crippen molar-refractivity contribution < 1.29 is 19.5 Å². The van der Waals surface area contributed by atoms with Crippen LogP contribution in [0.4, 0.5) is 10.5 Å². The Morgan fingerprint density at radius 2 is 1.49 bits per heavy atom. The normalized spacial score (nSPS) is 17.6. The van der Waals surface area contributed by atoms with Gasteiger partial charge in [0, 0.05) is 45.3 Å². The van der Waals surface area contributed by atoms with E-state index in [2.05, 4.69) is 30.1 Å². The molecule has 10 heteroatoms. The molecule has 4 amide bonds. The highest BCUT2D eigenvalue weighted by atomic mass is 16.3. The number of amides is 4. The summed E-state index contributed by atoms with van der Waals surface area (Å²) in [5, 5.41) is 16.0. The maximum absolute atomic E-state index is 14.2. The monoisotopic (exact) mass is 644 g/mol. The fourth-order valence-corrected chi connectivity index (χ4v) is 6.08. The van der Waals surface area contributed by atoms with E-state index >= 15 is 0 Å². The number of hydrazine groups is 1. The smallest absolute Gasteiger partial charge is 0.334 e. The molecule has 2 heterocycles. The summed E-state index contributed by atoms with van der Waals surface area (Å²) in [6.45, 7) is 14.7. The number of rotatable bonds is 9. The molecule has 2 saturated heterocycles. The number of hydrogen-bond acceptors (Lipinski definition) is 6. The van der Waals surface area contributed by atoms with E-state index in [1.807, 2.05) is 76.2 Å². The van der Waals surface area contributed by atoms with Gasteiger partial charge in [-0.2, -0.15) is 0 Å². The van der Waals surface area contributed by atoms with Gasteiger partial charge in [-0.1, -0.05) is 88.4 Å². The Labute approximate surface area is 280 Å². The van der Waals surface area contributed by atoms with Gasteiger partial charge in [-0.15, -0.1) is 0 Å². The Morgan fingerprint density at radius 3 is 2.13 bits per heavy atom. The number of likely N-dealkylation sites (N-methyl/N-ethyl adjacent to an activating group) is 1. The molecule has 0 bridgehead atoms. The van der Waals surface area contributed by atoms with E-state index in [1.54, 1.807) is 51.1 Å². The minimum Gasteiger partial charge on any atom is -0.508 e. The van der Waals surface area contributed by atoms with E-state index in [4.69, 9.17) is 0 Å². The van der Waals surface area contributed by atoms with Gasteiger partial charge in [0.15, 0.2) is 0 Å². The standard InChI is InChI=1S/C33H40N6O4.2C2H6/c1-4-36(5-2)28-14-10-9-13-26(28)21-37-22-30-38(29(32(37)42)19-24-15-17-27(40)18-16-24)31(41)23-35(3)39(30)33(43)34-20-25-11-7-6-8-12-25;2*1-2/h6-18,29-30,40H,4-5,19-23H2,1-3H3,(H,34,43);2*1-2H3/t29-,30?;;/m0../s1. The van der Waals surface area contributed by atoms with Crippen LogP contribution in [0.25, 0.3) is 0 Å². The van der Waals surface area contributed by atoms with E-state index in [0.29, 0.717) is 13.1 Å². The molecule has 0 aromatic heterocycles. The number of nitrogens with one attached hydrogen (secondary N) is 1. The summed E-state index contributed by atoms with van der Waals surface area (Å²) < 4.78 is 0. The number of nitrogens with zero attached hydrogens (tertiary/aromatic N) is 5. The summed E-state index contributed by atoms with van der Waals surface area (Å²) in [5.41, 5.74) is 3.84. The third-order valence-corrected chi connectivity index (χ3v) is 8.26. The van der Waals surface area contributed by atoms with Gasteiger partial charge in [0.25, 0.3) is 0 Å². The van der Waals surface area contributed by atoms with Gasteiger partial charge >= 0.3 is 6.03 Å². The molecule has 0 spiro atoms. The SMILES string of the molecule is CC.CC.CCN(CC)c1ccccc1CN1CC2N(C(=O)CN(C)N2C(=O)NCc2ccccc2)[C@@H](Cc2ccc(O)cc2)C1=O. The summed E-state index contributed by atoms with van der Waals surface area (Å²) >= 11 is 0. The average Bonchev–Trinajstić information content (AvgIpc) is 3.10. The molecule has 2 aliphatic rings. The van der Waals surface area contributed by atoms with Gasteiger partial charge in [0.05, 0.1) is 13.1 Å². The fraction of sp³-hybridized carbons (Fsp3) is 0.432. The van der Waals surface area contributed by atoms with E-state index in [0.717, 1.165) is 35.5 Å². The molecule has 254 valence electrons. The van der Waals surface area contributed by atoms with E-state index < -0.39 is 12.2 Å². The molecule has 2 atom stereocenters. The van der Waals surface area contributed by atoms with Crippen LogP contribution in [0.3, 0.4) is 0 Å². The minimum absolute atomic E-state index is 0.0284. The third kappa shape index (κ3) is 8.83. The van der Waals surface area contributed by atoms with Gasteiger partial charge in [-0.25, -0.2) is 14.8 Å². The van der Waals surface area contributed by atoms with E-state index in [-0.39, 0.29) is 43.1 Å². The van der Waals surface area contributed by atoms with Gasteiger partial charge < -0.3 is 25.1 Å². The number of aromatic hydroxyl groups is 1. The zero-order valence-electron chi connectivity index (χ0n) is 29.0.